The van der Waals surface area contributed by atoms with Crippen LogP contribution in [0.1, 0.15) is 15.9 Å². The first-order valence-corrected chi connectivity index (χ1v) is 11.7. The monoisotopic (exact) mass is 435 g/mol. The molecule has 0 N–H and O–H groups in total. The van der Waals surface area contributed by atoms with Crippen LogP contribution in [0.5, 0.6) is 0 Å². The smallest absolute Gasteiger partial charge is 0.253 e. The average molecular weight is 436 g/mol. The highest BCUT2D eigenvalue weighted by Crippen LogP contribution is 2.29. The van der Waals surface area contributed by atoms with Crippen molar-refractivity contribution < 1.29 is 4.79 Å². The number of nitrogens with zero attached hydrogens (tertiary/aromatic N) is 5. The summed E-state index contributed by atoms with van der Waals surface area (Å²) in [7, 11) is 0. The Bertz CT molecular complexity index is 1100. The van der Waals surface area contributed by atoms with Crippen LogP contribution in [0.4, 0.5) is 5.13 Å². The highest BCUT2D eigenvalue weighted by atomic mass is 32.1. The highest BCUT2D eigenvalue weighted by Gasteiger charge is 2.24. The molecule has 1 aliphatic rings. The van der Waals surface area contributed by atoms with E-state index in [4.69, 9.17) is 4.98 Å². The molecule has 0 atom stereocenters. The summed E-state index contributed by atoms with van der Waals surface area (Å²) in [4.78, 5) is 26.0. The second-order valence-corrected chi connectivity index (χ2v) is 8.86. The Balaban J connectivity index is 1.18. The molecule has 4 heterocycles. The summed E-state index contributed by atoms with van der Waals surface area (Å²) in [6.45, 7) is 3.79. The van der Waals surface area contributed by atoms with Gasteiger partial charge in [-0.2, -0.15) is 11.3 Å². The fraction of sp³-hybridized carbons (Fsp3) is 0.227. The van der Waals surface area contributed by atoms with Crippen molar-refractivity contribution in [3.63, 3.8) is 0 Å². The minimum atomic E-state index is 0.0990. The molecule has 6 nitrogen and oxygen atoms in total. The second-order valence-electron chi connectivity index (χ2n) is 7.24. The molecule has 0 radical (unpaired) electrons. The quantitative estimate of drug-likeness (QED) is 0.474. The van der Waals surface area contributed by atoms with Gasteiger partial charge in [-0.3, -0.25) is 4.79 Å². The van der Waals surface area contributed by atoms with Crippen LogP contribution in [0.3, 0.4) is 0 Å². The molecule has 1 saturated heterocycles. The van der Waals surface area contributed by atoms with Crippen LogP contribution < -0.4 is 4.90 Å². The Hall–Kier alpha value is -2.97. The number of thiophene rings is 1. The Labute approximate surface area is 183 Å². The minimum absolute atomic E-state index is 0.0990. The SMILES string of the molecule is O=C(c1ccc(Cn2ccnc2)cc1)N1CCN(c2nc(-c3ccsc3)cs2)CC1. The number of hydrogen-bond acceptors (Lipinski definition) is 6. The van der Waals surface area contributed by atoms with E-state index in [1.54, 1.807) is 35.2 Å². The molecule has 1 fully saturated rings. The van der Waals surface area contributed by atoms with E-state index in [0.717, 1.165) is 41.6 Å². The Morgan fingerprint density at radius 3 is 2.57 bits per heavy atom. The largest absolute Gasteiger partial charge is 0.345 e. The van der Waals surface area contributed by atoms with E-state index in [1.165, 1.54) is 5.56 Å². The molecule has 1 aromatic carbocycles. The van der Waals surface area contributed by atoms with Gasteiger partial charge in [0.25, 0.3) is 5.91 Å². The lowest BCUT2D eigenvalue weighted by Crippen LogP contribution is -2.48. The third-order valence-electron chi connectivity index (χ3n) is 5.27. The first kappa shape index (κ1) is 19.0. The van der Waals surface area contributed by atoms with Crippen molar-refractivity contribution in [1.82, 2.24) is 19.4 Å². The highest BCUT2D eigenvalue weighted by molar-refractivity contribution is 7.14. The van der Waals surface area contributed by atoms with E-state index in [0.29, 0.717) is 13.1 Å². The number of imidazole rings is 1. The van der Waals surface area contributed by atoms with Crippen molar-refractivity contribution >= 4 is 33.7 Å². The lowest BCUT2D eigenvalue weighted by atomic mass is 10.1. The predicted octanol–water partition coefficient (Wildman–Crippen LogP) is 4.08. The first-order valence-electron chi connectivity index (χ1n) is 9.83. The number of carbonyl (C=O) groups excluding carboxylic acids is 1. The van der Waals surface area contributed by atoms with Gasteiger partial charge in [0.2, 0.25) is 0 Å². The molecular formula is C22H21N5OS2. The molecule has 3 aromatic heterocycles. The number of rotatable bonds is 5. The standard InChI is InChI=1S/C22H21N5OS2/c28-21(18-3-1-17(2-4-18)13-25-7-6-23-16-25)26-8-10-27(11-9-26)22-24-20(15-30-22)19-5-12-29-14-19/h1-7,12,14-16H,8-11,13H2. The van der Waals surface area contributed by atoms with Crippen molar-refractivity contribution in [2.24, 2.45) is 0 Å². The van der Waals surface area contributed by atoms with Gasteiger partial charge in [-0.05, 0) is 29.1 Å². The van der Waals surface area contributed by atoms with E-state index >= 15 is 0 Å². The molecule has 0 bridgehead atoms. The van der Waals surface area contributed by atoms with Crippen molar-refractivity contribution in [1.29, 1.82) is 0 Å². The van der Waals surface area contributed by atoms with Crippen LogP contribution >= 0.6 is 22.7 Å². The van der Waals surface area contributed by atoms with Crippen LogP contribution in [-0.4, -0.2) is 51.5 Å². The molecule has 0 spiro atoms. The maximum atomic E-state index is 12.9. The van der Waals surface area contributed by atoms with Crippen molar-refractivity contribution in [3.05, 3.63) is 76.3 Å². The van der Waals surface area contributed by atoms with Gasteiger partial charge in [-0.25, -0.2) is 9.97 Å². The normalized spacial score (nSPS) is 14.3. The van der Waals surface area contributed by atoms with Gasteiger partial charge in [-0.15, -0.1) is 11.3 Å². The van der Waals surface area contributed by atoms with Crippen molar-refractivity contribution in [2.75, 3.05) is 31.1 Å². The molecule has 30 heavy (non-hydrogen) atoms. The van der Waals surface area contributed by atoms with Gasteiger partial charge in [0.15, 0.2) is 5.13 Å². The second kappa shape index (κ2) is 8.41. The summed E-state index contributed by atoms with van der Waals surface area (Å²) < 4.78 is 2.01. The molecule has 1 amide bonds. The van der Waals surface area contributed by atoms with Gasteiger partial charge in [-0.1, -0.05) is 12.1 Å². The van der Waals surface area contributed by atoms with E-state index in [-0.39, 0.29) is 5.91 Å². The number of aromatic nitrogens is 3. The fourth-order valence-corrected chi connectivity index (χ4v) is 5.12. The summed E-state index contributed by atoms with van der Waals surface area (Å²) in [5.41, 5.74) is 4.10. The summed E-state index contributed by atoms with van der Waals surface area (Å²) in [5, 5.41) is 7.34. The third-order valence-corrected chi connectivity index (χ3v) is 6.86. The summed E-state index contributed by atoms with van der Waals surface area (Å²) >= 11 is 3.36. The predicted molar refractivity (Wildman–Crippen MR) is 121 cm³/mol. The van der Waals surface area contributed by atoms with Gasteiger partial charge in [0, 0.05) is 67.0 Å². The zero-order valence-electron chi connectivity index (χ0n) is 16.3. The summed E-state index contributed by atoms with van der Waals surface area (Å²) in [6, 6.07) is 9.99. The van der Waals surface area contributed by atoms with Crippen molar-refractivity contribution in [2.45, 2.75) is 6.54 Å². The van der Waals surface area contributed by atoms with Crippen LogP contribution in [0.15, 0.2) is 65.2 Å². The van der Waals surface area contributed by atoms with Crippen LogP contribution in [0.25, 0.3) is 11.3 Å². The molecule has 5 rings (SSSR count). The van der Waals surface area contributed by atoms with Gasteiger partial charge in [0.1, 0.15) is 0 Å². The molecule has 1 aliphatic heterocycles. The topological polar surface area (TPSA) is 54.3 Å². The van der Waals surface area contributed by atoms with Gasteiger partial charge < -0.3 is 14.4 Å². The van der Waals surface area contributed by atoms with Crippen molar-refractivity contribution in [3.8, 4) is 11.3 Å². The van der Waals surface area contributed by atoms with Gasteiger partial charge in [0.05, 0.1) is 12.0 Å². The number of carbonyl (C=O) groups is 1. The fourth-order valence-electron chi connectivity index (χ4n) is 3.58. The van der Waals surface area contributed by atoms with E-state index in [2.05, 4.69) is 32.1 Å². The molecule has 4 aromatic rings. The Kier molecular flexibility index (Phi) is 5.33. The lowest BCUT2D eigenvalue weighted by Gasteiger charge is -2.34. The summed E-state index contributed by atoms with van der Waals surface area (Å²) in [6.07, 6.45) is 5.50. The van der Waals surface area contributed by atoms with Crippen LogP contribution in [0.2, 0.25) is 0 Å². The number of anilines is 1. The van der Waals surface area contributed by atoms with E-state index < -0.39 is 0 Å². The molecule has 0 saturated carbocycles. The average Bonchev–Trinajstić information content (AvgIpc) is 3.56. The maximum Gasteiger partial charge on any atom is 0.253 e. The molecule has 152 valence electrons. The lowest BCUT2D eigenvalue weighted by molar-refractivity contribution is 0.0747. The summed E-state index contributed by atoms with van der Waals surface area (Å²) in [5.74, 6) is 0.0990. The Morgan fingerprint density at radius 1 is 1.03 bits per heavy atom. The minimum Gasteiger partial charge on any atom is -0.345 e. The van der Waals surface area contributed by atoms with E-state index in [9.17, 15) is 4.79 Å². The number of benzene rings is 1. The first-order chi connectivity index (χ1) is 14.8. The van der Waals surface area contributed by atoms with Crippen LogP contribution in [0, 0.1) is 0 Å². The molecule has 8 heteroatoms. The maximum absolute atomic E-state index is 12.9. The number of amides is 1. The Morgan fingerprint density at radius 2 is 1.87 bits per heavy atom. The third kappa shape index (κ3) is 4.01. The van der Waals surface area contributed by atoms with Gasteiger partial charge >= 0.3 is 0 Å². The number of piperazine rings is 1. The zero-order valence-corrected chi connectivity index (χ0v) is 18.0. The number of thiazole rings is 1. The number of hydrogen-bond donors (Lipinski definition) is 0. The van der Waals surface area contributed by atoms with E-state index in [1.807, 2.05) is 39.9 Å². The molecule has 0 unspecified atom stereocenters. The molecular weight excluding hydrogens is 414 g/mol. The van der Waals surface area contributed by atoms with Crippen LogP contribution in [-0.2, 0) is 6.54 Å². The zero-order chi connectivity index (χ0) is 20.3. The molecule has 0 aliphatic carbocycles.